The van der Waals surface area contributed by atoms with Crippen LogP contribution in [0.25, 0.3) is 11.1 Å². The van der Waals surface area contributed by atoms with Gasteiger partial charge >= 0.3 is 0 Å². The fraction of sp³-hybridized carbons (Fsp3) is 0.385. The van der Waals surface area contributed by atoms with Gasteiger partial charge in [0, 0.05) is 44.8 Å². The monoisotopic (exact) mass is 445 g/mol. The number of pyridine rings is 1. The number of rotatable bonds is 6. The first-order chi connectivity index (χ1) is 15.9. The van der Waals surface area contributed by atoms with Crippen molar-refractivity contribution in [3.8, 4) is 11.1 Å². The van der Waals surface area contributed by atoms with Crippen molar-refractivity contribution in [2.45, 2.75) is 39.2 Å². The summed E-state index contributed by atoms with van der Waals surface area (Å²) in [6.07, 6.45) is 7.36. The zero-order valence-electron chi connectivity index (χ0n) is 19.5. The van der Waals surface area contributed by atoms with Crippen molar-refractivity contribution in [2.24, 2.45) is 12.5 Å². The van der Waals surface area contributed by atoms with E-state index in [0.717, 1.165) is 29.5 Å². The molecule has 1 aliphatic rings. The molecular formula is C26H31N5O2. The first kappa shape index (κ1) is 22.7. The van der Waals surface area contributed by atoms with Crippen LogP contribution in [0.4, 0.5) is 0 Å². The normalized spacial score (nSPS) is 18.4. The second-order valence-corrected chi connectivity index (χ2v) is 9.18. The van der Waals surface area contributed by atoms with Crippen molar-refractivity contribution in [3.05, 3.63) is 72.3 Å². The number of carbonyl (C=O) groups excluding carboxylic acids is 2. The summed E-state index contributed by atoms with van der Waals surface area (Å²) in [5.74, 6) is -0.125. The van der Waals surface area contributed by atoms with E-state index >= 15 is 0 Å². The van der Waals surface area contributed by atoms with Gasteiger partial charge in [-0.1, -0.05) is 24.3 Å². The fourth-order valence-electron chi connectivity index (χ4n) is 4.67. The molecule has 2 aromatic heterocycles. The number of likely N-dealkylation sites (tertiary alicyclic amines) is 1. The topological polar surface area (TPSA) is 80.1 Å². The minimum Gasteiger partial charge on any atom is -0.353 e. The third-order valence-electron chi connectivity index (χ3n) is 6.24. The van der Waals surface area contributed by atoms with Crippen LogP contribution in [0, 0.1) is 5.41 Å². The highest BCUT2D eigenvalue weighted by Gasteiger charge is 2.44. The highest BCUT2D eigenvalue weighted by Crippen LogP contribution is 2.37. The molecule has 3 heterocycles. The predicted octanol–water partition coefficient (Wildman–Crippen LogP) is 3.47. The van der Waals surface area contributed by atoms with Crippen molar-refractivity contribution in [1.29, 1.82) is 0 Å². The van der Waals surface area contributed by atoms with Crippen LogP contribution in [0.3, 0.4) is 0 Å². The zero-order chi connectivity index (χ0) is 23.4. The van der Waals surface area contributed by atoms with Gasteiger partial charge in [-0.25, -0.2) is 0 Å². The van der Waals surface area contributed by atoms with Crippen LogP contribution < -0.4 is 5.32 Å². The predicted molar refractivity (Wildman–Crippen MR) is 127 cm³/mol. The van der Waals surface area contributed by atoms with E-state index in [2.05, 4.69) is 27.5 Å². The lowest BCUT2D eigenvalue weighted by atomic mass is 9.73. The van der Waals surface area contributed by atoms with E-state index in [1.54, 1.807) is 41.3 Å². The quantitative estimate of drug-likeness (QED) is 0.630. The summed E-state index contributed by atoms with van der Waals surface area (Å²) < 4.78 is 1.63. The van der Waals surface area contributed by atoms with Crippen molar-refractivity contribution in [1.82, 2.24) is 25.0 Å². The molecule has 3 aromatic rings. The summed E-state index contributed by atoms with van der Waals surface area (Å²) in [6, 6.07) is 13.9. The van der Waals surface area contributed by atoms with Gasteiger partial charge < -0.3 is 10.2 Å². The Bertz CT molecular complexity index is 1120. The van der Waals surface area contributed by atoms with E-state index in [4.69, 9.17) is 0 Å². The van der Waals surface area contributed by atoms with Gasteiger partial charge in [0.15, 0.2) is 0 Å². The third kappa shape index (κ3) is 4.97. The summed E-state index contributed by atoms with van der Waals surface area (Å²) >= 11 is 0. The average molecular weight is 446 g/mol. The lowest BCUT2D eigenvalue weighted by Gasteiger charge is -2.42. The molecule has 0 radical (unpaired) electrons. The molecule has 1 fully saturated rings. The molecule has 172 valence electrons. The molecule has 0 saturated carbocycles. The number of carbonyl (C=O) groups is 2. The Hall–Kier alpha value is -3.48. The molecule has 0 bridgehead atoms. The zero-order valence-corrected chi connectivity index (χ0v) is 19.5. The number of nitrogens with zero attached hydrogens (tertiary/aromatic N) is 4. The van der Waals surface area contributed by atoms with E-state index in [1.165, 1.54) is 0 Å². The smallest absolute Gasteiger partial charge is 0.274 e. The molecule has 1 atom stereocenters. The maximum absolute atomic E-state index is 13.6. The van der Waals surface area contributed by atoms with Gasteiger partial charge in [-0.2, -0.15) is 5.10 Å². The molecule has 1 aromatic carbocycles. The Morgan fingerprint density at radius 2 is 1.88 bits per heavy atom. The lowest BCUT2D eigenvalue weighted by molar-refractivity contribution is -0.134. The summed E-state index contributed by atoms with van der Waals surface area (Å²) in [7, 11) is 1.80. The summed E-state index contributed by atoms with van der Waals surface area (Å²) in [5.41, 5.74) is 2.95. The Morgan fingerprint density at radius 3 is 2.58 bits per heavy atom. The van der Waals surface area contributed by atoms with Crippen LogP contribution in [-0.4, -0.2) is 50.6 Å². The van der Waals surface area contributed by atoms with Crippen molar-refractivity contribution in [3.63, 3.8) is 0 Å². The Balaban J connectivity index is 1.69. The number of hydrogen-bond donors (Lipinski definition) is 1. The number of hydrogen-bond acceptors (Lipinski definition) is 4. The molecule has 2 amide bonds. The Kier molecular flexibility index (Phi) is 6.58. The number of piperidine rings is 1. The van der Waals surface area contributed by atoms with E-state index in [-0.39, 0.29) is 17.9 Å². The minimum atomic E-state index is -0.712. The molecule has 0 aliphatic carbocycles. The molecule has 1 N–H and O–H groups in total. The van der Waals surface area contributed by atoms with E-state index in [1.807, 2.05) is 38.1 Å². The Labute approximate surface area is 194 Å². The van der Waals surface area contributed by atoms with E-state index in [0.29, 0.717) is 25.2 Å². The standard InChI is InChI=1S/C26H31N5O2/c1-19(2)28-25(33)26(12-6-15-31(18-26)24(32)23-11-16-30(3)29-23)17-21-7-4-5-8-22(21)20-9-13-27-14-10-20/h4-5,7-11,13-14,16,19H,6,12,15,17-18H2,1-3H3,(H,28,33). The largest absolute Gasteiger partial charge is 0.353 e. The van der Waals surface area contributed by atoms with Gasteiger partial charge in [-0.15, -0.1) is 0 Å². The second kappa shape index (κ2) is 9.57. The van der Waals surface area contributed by atoms with E-state index < -0.39 is 5.41 Å². The van der Waals surface area contributed by atoms with Crippen LogP contribution in [0.5, 0.6) is 0 Å². The molecule has 1 saturated heterocycles. The van der Waals surface area contributed by atoms with Crippen LogP contribution in [0.15, 0.2) is 61.1 Å². The third-order valence-corrected chi connectivity index (χ3v) is 6.24. The molecule has 1 unspecified atom stereocenters. The van der Waals surface area contributed by atoms with Gasteiger partial charge in [0.25, 0.3) is 5.91 Å². The van der Waals surface area contributed by atoms with Crippen LogP contribution in [-0.2, 0) is 18.3 Å². The van der Waals surface area contributed by atoms with Gasteiger partial charge in [-0.05, 0) is 68.0 Å². The Morgan fingerprint density at radius 1 is 1.12 bits per heavy atom. The lowest BCUT2D eigenvalue weighted by Crippen LogP contribution is -2.55. The van der Waals surface area contributed by atoms with Gasteiger partial charge in [0.1, 0.15) is 5.69 Å². The number of benzene rings is 1. The van der Waals surface area contributed by atoms with Gasteiger partial charge in [0.2, 0.25) is 5.91 Å². The second-order valence-electron chi connectivity index (χ2n) is 9.18. The molecule has 33 heavy (non-hydrogen) atoms. The maximum Gasteiger partial charge on any atom is 0.274 e. The highest BCUT2D eigenvalue weighted by atomic mass is 16.2. The van der Waals surface area contributed by atoms with Crippen LogP contribution >= 0.6 is 0 Å². The number of aryl methyl sites for hydroxylation is 1. The first-order valence-electron chi connectivity index (χ1n) is 11.5. The summed E-state index contributed by atoms with van der Waals surface area (Å²) in [4.78, 5) is 32.7. The highest BCUT2D eigenvalue weighted by molar-refractivity contribution is 5.93. The minimum absolute atomic E-state index is 0.000511. The van der Waals surface area contributed by atoms with Gasteiger partial charge in [0.05, 0.1) is 5.41 Å². The maximum atomic E-state index is 13.6. The van der Waals surface area contributed by atoms with Crippen LogP contribution in [0.1, 0.15) is 42.7 Å². The number of nitrogens with one attached hydrogen (secondary N) is 1. The molecule has 7 heteroatoms. The molecule has 4 rings (SSSR count). The summed E-state index contributed by atoms with van der Waals surface area (Å²) in [6.45, 7) is 4.93. The van der Waals surface area contributed by atoms with Crippen molar-refractivity contribution in [2.75, 3.05) is 13.1 Å². The van der Waals surface area contributed by atoms with Crippen molar-refractivity contribution < 1.29 is 9.59 Å². The van der Waals surface area contributed by atoms with E-state index in [9.17, 15) is 9.59 Å². The SMILES string of the molecule is CC(C)NC(=O)C1(Cc2ccccc2-c2ccncc2)CCCN(C(=O)c2ccn(C)n2)C1. The van der Waals surface area contributed by atoms with Gasteiger partial charge in [-0.3, -0.25) is 19.3 Å². The first-order valence-corrected chi connectivity index (χ1v) is 11.5. The molecular weight excluding hydrogens is 414 g/mol. The molecule has 7 nitrogen and oxygen atoms in total. The summed E-state index contributed by atoms with van der Waals surface area (Å²) in [5, 5.41) is 7.41. The molecule has 1 aliphatic heterocycles. The molecule has 0 spiro atoms. The van der Waals surface area contributed by atoms with Crippen LogP contribution in [0.2, 0.25) is 0 Å². The van der Waals surface area contributed by atoms with Crippen molar-refractivity contribution >= 4 is 11.8 Å². The fourth-order valence-corrected chi connectivity index (χ4v) is 4.67. The number of aromatic nitrogens is 3. The number of amides is 2. The average Bonchev–Trinajstić information content (AvgIpc) is 3.25.